The Kier molecular flexibility index (Phi) is 5.65. The number of hydrogen-bond acceptors (Lipinski definition) is 5. The standard InChI is InChI=1S/C21H22F2O5/c1-4-5-26-20(25)15-10-21(19(9-18(15)24)27-11-28-21)13(3)7-14-8-16(22)12(2)6-17(14)23/h4,6,8-9,13,15H,1,5,7,10-11H2,2-3H3/t13-,15+,21+/m0/s1. The summed E-state index contributed by atoms with van der Waals surface area (Å²) >= 11 is 0. The highest BCUT2D eigenvalue weighted by atomic mass is 19.1. The average Bonchev–Trinajstić information content (AvgIpc) is 3.07. The van der Waals surface area contributed by atoms with Crippen molar-refractivity contribution in [3.63, 3.8) is 0 Å². The highest BCUT2D eigenvalue weighted by Crippen LogP contribution is 2.46. The summed E-state index contributed by atoms with van der Waals surface area (Å²) in [5.41, 5.74) is -0.663. The molecule has 3 rings (SSSR count). The Labute approximate surface area is 162 Å². The zero-order chi connectivity index (χ0) is 20.5. The van der Waals surface area contributed by atoms with Gasteiger partial charge in [0, 0.05) is 12.5 Å². The van der Waals surface area contributed by atoms with Gasteiger partial charge in [-0.05, 0) is 42.5 Å². The third-order valence-corrected chi connectivity index (χ3v) is 5.35. The van der Waals surface area contributed by atoms with Crippen molar-refractivity contribution in [3.05, 3.63) is 59.4 Å². The lowest BCUT2D eigenvalue weighted by Crippen LogP contribution is -2.47. The van der Waals surface area contributed by atoms with Gasteiger partial charge in [-0.1, -0.05) is 19.6 Å². The topological polar surface area (TPSA) is 61.8 Å². The smallest absolute Gasteiger partial charge is 0.317 e. The van der Waals surface area contributed by atoms with Crippen molar-refractivity contribution < 1.29 is 32.6 Å². The molecule has 0 spiro atoms. The normalized spacial score (nSPS) is 24.8. The van der Waals surface area contributed by atoms with Gasteiger partial charge in [-0.25, -0.2) is 8.78 Å². The van der Waals surface area contributed by atoms with E-state index in [0.717, 1.165) is 6.07 Å². The lowest BCUT2D eigenvalue weighted by Gasteiger charge is -2.37. The second-order valence-electron chi connectivity index (χ2n) is 7.18. The summed E-state index contributed by atoms with van der Waals surface area (Å²) in [4.78, 5) is 24.6. The fraction of sp³-hybridized carbons (Fsp3) is 0.429. The lowest BCUT2D eigenvalue weighted by atomic mass is 9.72. The Hall–Kier alpha value is -2.54. The summed E-state index contributed by atoms with van der Waals surface area (Å²) in [5.74, 6) is -3.23. The number of aryl methyl sites for hydroxylation is 1. The number of esters is 1. The number of ether oxygens (including phenoxy) is 3. The van der Waals surface area contributed by atoms with E-state index in [1.807, 2.05) is 0 Å². The molecular formula is C21H22F2O5. The fourth-order valence-electron chi connectivity index (χ4n) is 3.71. The molecule has 0 aromatic heterocycles. The predicted octanol–water partition coefficient (Wildman–Crippen LogP) is 3.40. The maximum atomic E-state index is 14.3. The first-order valence-corrected chi connectivity index (χ1v) is 9.03. The first-order chi connectivity index (χ1) is 13.3. The van der Waals surface area contributed by atoms with Crippen LogP contribution in [0.2, 0.25) is 0 Å². The molecule has 1 fully saturated rings. The van der Waals surface area contributed by atoms with E-state index in [9.17, 15) is 18.4 Å². The molecule has 1 aliphatic heterocycles. The number of benzene rings is 1. The molecule has 0 bridgehead atoms. The van der Waals surface area contributed by atoms with Crippen LogP contribution >= 0.6 is 0 Å². The van der Waals surface area contributed by atoms with Crippen LogP contribution in [-0.4, -0.2) is 30.8 Å². The van der Waals surface area contributed by atoms with Crippen LogP contribution in [0, 0.1) is 30.4 Å². The summed E-state index contributed by atoms with van der Waals surface area (Å²) in [5, 5.41) is 0. The summed E-state index contributed by atoms with van der Waals surface area (Å²) in [6.45, 7) is 6.67. The number of rotatable bonds is 6. The van der Waals surface area contributed by atoms with E-state index in [1.54, 1.807) is 6.92 Å². The molecular weight excluding hydrogens is 370 g/mol. The van der Waals surface area contributed by atoms with Crippen molar-refractivity contribution >= 4 is 11.8 Å². The van der Waals surface area contributed by atoms with E-state index < -0.39 is 34.9 Å². The highest BCUT2D eigenvalue weighted by Gasteiger charge is 2.54. The highest BCUT2D eigenvalue weighted by molar-refractivity contribution is 6.06. The summed E-state index contributed by atoms with van der Waals surface area (Å²) in [6.07, 6.45) is 2.82. The molecule has 1 aromatic rings. The van der Waals surface area contributed by atoms with Gasteiger partial charge in [-0.15, -0.1) is 0 Å². The van der Waals surface area contributed by atoms with Crippen molar-refractivity contribution in [2.24, 2.45) is 11.8 Å². The number of hydrogen-bond donors (Lipinski definition) is 0. The summed E-state index contributed by atoms with van der Waals surface area (Å²) in [7, 11) is 0. The molecule has 1 aliphatic carbocycles. The Morgan fingerprint density at radius 1 is 1.43 bits per heavy atom. The molecule has 150 valence electrons. The van der Waals surface area contributed by atoms with Crippen LogP contribution in [0.15, 0.2) is 36.6 Å². The van der Waals surface area contributed by atoms with Crippen molar-refractivity contribution in [2.45, 2.75) is 32.3 Å². The van der Waals surface area contributed by atoms with E-state index >= 15 is 0 Å². The molecule has 2 aliphatic rings. The molecule has 0 saturated carbocycles. The van der Waals surface area contributed by atoms with E-state index in [0.29, 0.717) is 5.76 Å². The maximum absolute atomic E-state index is 14.3. The molecule has 0 N–H and O–H groups in total. The van der Waals surface area contributed by atoms with E-state index in [4.69, 9.17) is 14.2 Å². The number of allylic oxidation sites excluding steroid dienone is 1. The van der Waals surface area contributed by atoms with E-state index in [-0.39, 0.29) is 43.3 Å². The van der Waals surface area contributed by atoms with Gasteiger partial charge in [0.25, 0.3) is 0 Å². The number of halogens is 2. The van der Waals surface area contributed by atoms with Gasteiger partial charge >= 0.3 is 5.97 Å². The molecule has 7 heteroatoms. The monoisotopic (exact) mass is 392 g/mol. The van der Waals surface area contributed by atoms with Gasteiger partial charge in [0.15, 0.2) is 12.6 Å². The Morgan fingerprint density at radius 3 is 2.89 bits per heavy atom. The van der Waals surface area contributed by atoms with Crippen LogP contribution in [0.3, 0.4) is 0 Å². The van der Waals surface area contributed by atoms with Crippen molar-refractivity contribution in [2.75, 3.05) is 13.4 Å². The van der Waals surface area contributed by atoms with Crippen molar-refractivity contribution in [1.29, 1.82) is 0 Å². The largest absolute Gasteiger partial charge is 0.469 e. The molecule has 3 atom stereocenters. The molecule has 0 radical (unpaired) electrons. The lowest BCUT2D eigenvalue weighted by molar-refractivity contribution is -0.154. The summed E-state index contributed by atoms with van der Waals surface area (Å²) < 4.78 is 44.5. The molecule has 1 saturated heterocycles. The van der Waals surface area contributed by atoms with Crippen LogP contribution in [-0.2, 0) is 30.2 Å². The maximum Gasteiger partial charge on any atom is 0.317 e. The van der Waals surface area contributed by atoms with Crippen LogP contribution in [0.25, 0.3) is 0 Å². The second-order valence-corrected chi connectivity index (χ2v) is 7.18. The third kappa shape index (κ3) is 3.58. The number of carbonyl (C=O) groups is 2. The van der Waals surface area contributed by atoms with E-state index in [1.165, 1.54) is 25.1 Å². The predicted molar refractivity (Wildman–Crippen MR) is 96.1 cm³/mol. The molecule has 1 heterocycles. The minimum atomic E-state index is -1.08. The molecule has 28 heavy (non-hydrogen) atoms. The SMILES string of the molecule is C=CCOC(=O)[C@@H]1C[C@]2([C@@H](C)Cc3cc(F)c(C)cc3F)OCOC2=CC1=O. The molecule has 1 aromatic carbocycles. The zero-order valence-corrected chi connectivity index (χ0v) is 15.8. The Balaban J connectivity index is 1.88. The minimum absolute atomic E-state index is 0.00699. The van der Waals surface area contributed by atoms with Crippen molar-refractivity contribution in [3.8, 4) is 0 Å². The van der Waals surface area contributed by atoms with Crippen LogP contribution in [0.4, 0.5) is 8.78 Å². The Morgan fingerprint density at radius 2 is 2.18 bits per heavy atom. The summed E-state index contributed by atoms with van der Waals surface area (Å²) in [6, 6.07) is 2.32. The zero-order valence-electron chi connectivity index (χ0n) is 15.8. The molecule has 5 nitrogen and oxygen atoms in total. The number of ketones is 1. The van der Waals surface area contributed by atoms with Gasteiger partial charge in [0.05, 0.1) is 0 Å². The number of fused-ring (bicyclic) bond motifs is 1. The fourth-order valence-corrected chi connectivity index (χ4v) is 3.71. The minimum Gasteiger partial charge on any atom is -0.469 e. The van der Waals surface area contributed by atoms with Crippen LogP contribution in [0.5, 0.6) is 0 Å². The van der Waals surface area contributed by atoms with Gasteiger partial charge in [-0.2, -0.15) is 0 Å². The van der Waals surface area contributed by atoms with Gasteiger partial charge in [0.1, 0.15) is 35.5 Å². The Bertz CT molecular complexity index is 847. The van der Waals surface area contributed by atoms with Gasteiger partial charge < -0.3 is 14.2 Å². The van der Waals surface area contributed by atoms with E-state index in [2.05, 4.69) is 6.58 Å². The second kappa shape index (κ2) is 7.83. The first-order valence-electron chi connectivity index (χ1n) is 9.03. The average molecular weight is 392 g/mol. The number of carbonyl (C=O) groups excluding carboxylic acids is 2. The van der Waals surface area contributed by atoms with Crippen molar-refractivity contribution in [1.82, 2.24) is 0 Å². The quantitative estimate of drug-likeness (QED) is 0.422. The van der Waals surface area contributed by atoms with Crippen LogP contribution < -0.4 is 0 Å². The molecule has 0 unspecified atom stereocenters. The van der Waals surface area contributed by atoms with Gasteiger partial charge in [-0.3, -0.25) is 9.59 Å². The third-order valence-electron chi connectivity index (χ3n) is 5.35. The first kappa shape index (κ1) is 20.2. The van der Waals surface area contributed by atoms with Gasteiger partial charge in [0.2, 0.25) is 0 Å². The van der Waals surface area contributed by atoms with Crippen LogP contribution in [0.1, 0.15) is 24.5 Å². The molecule has 0 amide bonds.